The molecule has 10 heteroatoms. The van der Waals surface area contributed by atoms with Crippen LogP contribution in [0.15, 0.2) is 53.9 Å². The first-order valence-corrected chi connectivity index (χ1v) is 10.9. The van der Waals surface area contributed by atoms with Crippen LogP contribution in [0.2, 0.25) is 5.02 Å². The van der Waals surface area contributed by atoms with E-state index in [1.165, 1.54) is 59.2 Å². The largest absolute Gasteiger partial charge is 0.345 e. The number of aromatic nitrogens is 1. The Hall–Kier alpha value is -3.56. The van der Waals surface area contributed by atoms with Crippen LogP contribution in [-0.2, 0) is 9.59 Å². The summed E-state index contributed by atoms with van der Waals surface area (Å²) < 4.78 is 14.2. The molecule has 1 aromatic heterocycles. The van der Waals surface area contributed by atoms with Gasteiger partial charge in [-0.3, -0.25) is 19.3 Å². The van der Waals surface area contributed by atoms with Crippen LogP contribution in [0, 0.1) is 5.82 Å². The molecule has 7 nitrogen and oxygen atoms in total. The molecule has 3 rings (SSSR count). The Morgan fingerprint density at radius 3 is 2.55 bits per heavy atom. The number of rotatable bonds is 6. The molecular weight excluding hydrogens is 467 g/mol. The smallest absolute Gasteiger partial charge is 0.253 e. The normalized spacial score (nSPS) is 10.8. The number of halogens is 2. The van der Waals surface area contributed by atoms with Crippen LogP contribution >= 0.6 is 22.9 Å². The molecule has 3 aromatic rings. The zero-order valence-electron chi connectivity index (χ0n) is 18.0. The fraction of sp³-hybridized carbons (Fsp3) is 0.130. The number of carbonyl (C=O) groups is 3. The topological polar surface area (TPSA) is 82.6 Å². The van der Waals surface area contributed by atoms with Crippen molar-refractivity contribution < 1.29 is 18.8 Å². The van der Waals surface area contributed by atoms with Gasteiger partial charge in [0, 0.05) is 38.0 Å². The van der Waals surface area contributed by atoms with Crippen LogP contribution in [0.3, 0.4) is 0 Å². The van der Waals surface area contributed by atoms with E-state index in [9.17, 15) is 18.8 Å². The summed E-state index contributed by atoms with van der Waals surface area (Å²) in [5.74, 6) is -1.66. The molecule has 0 aliphatic carbocycles. The number of benzene rings is 2. The third-order valence-corrected chi connectivity index (χ3v) is 5.57. The second-order valence-electron chi connectivity index (χ2n) is 7.08. The van der Waals surface area contributed by atoms with Gasteiger partial charge < -0.3 is 10.2 Å². The van der Waals surface area contributed by atoms with Gasteiger partial charge in [-0.1, -0.05) is 23.7 Å². The SMILES string of the molecule is CC(=O)N(c1nc(/C=C/C(=O)Nc2cc(C(=O)N(C)C)ccc2Cl)cs1)c1ccccc1F. The van der Waals surface area contributed by atoms with E-state index in [0.717, 1.165) is 11.3 Å². The number of nitrogens with one attached hydrogen (secondary N) is 1. The quantitative estimate of drug-likeness (QED) is 0.498. The first-order chi connectivity index (χ1) is 15.7. The fourth-order valence-corrected chi connectivity index (χ4v) is 3.86. The van der Waals surface area contributed by atoms with Crippen molar-refractivity contribution in [2.45, 2.75) is 6.92 Å². The zero-order valence-corrected chi connectivity index (χ0v) is 19.6. The van der Waals surface area contributed by atoms with Gasteiger partial charge in [0.1, 0.15) is 5.82 Å². The molecule has 1 heterocycles. The summed E-state index contributed by atoms with van der Waals surface area (Å²) in [5.41, 5.74) is 1.18. The molecule has 0 saturated carbocycles. The predicted octanol–water partition coefficient (Wildman–Crippen LogP) is 4.97. The predicted molar refractivity (Wildman–Crippen MR) is 128 cm³/mol. The highest BCUT2D eigenvalue weighted by molar-refractivity contribution is 7.14. The fourth-order valence-electron chi connectivity index (χ4n) is 2.84. The summed E-state index contributed by atoms with van der Waals surface area (Å²) in [6.07, 6.45) is 2.70. The van der Waals surface area contributed by atoms with E-state index in [1.54, 1.807) is 31.6 Å². The number of para-hydroxylation sites is 1. The van der Waals surface area contributed by atoms with Crippen molar-refractivity contribution in [1.82, 2.24) is 9.88 Å². The van der Waals surface area contributed by atoms with Gasteiger partial charge in [-0.15, -0.1) is 11.3 Å². The van der Waals surface area contributed by atoms with Crippen LogP contribution < -0.4 is 10.2 Å². The number of thiazole rings is 1. The zero-order chi connectivity index (χ0) is 24.1. The first kappa shape index (κ1) is 24.1. The molecule has 0 unspecified atom stereocenters. The van der Waals surface area contributed by atoms with E-state index in [1.807, 2.05) is 0 Å². The maximum absolute atomic E-state index is 14.2. The lowest BCUT2D eigenvalue weighted by Gasteiger charge is -2.18. The van der Waals surface area contributed by atoms with Gasteiger partial charge in [-0.05, 0) is 36.4 Å². The average Bonchev–Trinajstić information content (AvgIpc) is 3.23. The molecule has 0 atom stereocenters. The van der Waals surface area contributed by atoms with Gasteiger partial charge in [0.25, 0.3) is 5.91 Å². The van der Waals surface area contributed by atoms with Crippen LogP contribution in [0.25, 0.3) is 6.08 Å². The second-order valence-corrected chi connectivity index (χ2v) is 8.32. The van der Waals surface area contributed by atoms with Gasteiger partial charge in [-0.25, -0.2) is 9.37 Å². The van der Waals surface area contributed by atoms with Crippen LogP contribution in [0.5, 0.6) is 0 Å². The molecule has 0 fully saturated rings. The number of amides is 3. The Bertz CT molecular complexity index is 1240. The van der Waals surface area contributed by atoms with Crippen molar-refractivity contribution in [1.29, 1.82) is 0 Å². The minimum Gasteiger partial charge on any atom is -0.345 e. The van der Waals surface area contributed by atoms with Crippen molar-refractivity contribution in [3.05, 3.63) is 76.0 Å². The Morgan fingerprint density at radius 2 is 1.88 bits per heavy atom. The number of carbonyl (C=O) groups excluding carboxylic acids is 3. The van der Waals surface area contributed by atoms with Crippen molar-refractivity contribution in [3.8, 4) is 0 Å². The summed E-state index contributed by atoms with van der Waals surface area (Å²) in [6.45, 7) is 1.32. The third kappa shape index (κ3) is 5.82. The maximum atomic E-state index is 14.2. The van der Waals surface area contributed by atoms with Crippen LogP contribution in [-0.4, -0.2) is 41.7 Å². The van der Waals surface area contributed by atoms with Gasteiger partial charge in [-0.2, -0.15) is 0 Å². The van der Waals surface area contributed by atoms with E-state index >= 15 is 0 Å². The van der Waals surface area contributed by atoms with E-state index in [4.69, 9.17) is 11.6 Å². The maximum Gasteiger partial charge on any atom is 0.253 e. The molecule has 170 valence electrons. The summed E-state index contributed by atoms with van der Waals surface area (Å²) in [6, 6.07) is 10.5. The number of nitrogens with zero attached hydrogens (tertiary/aromatic N) is 3. The van der Waals surface area contributed by atoms with Crippen LogP contribution in [0.4, 0.5) is 20.9 Å². The molecule has 0 aliphatic heterocycles. The van der Waals surface area contributed by atoms with Gasteiger partial charge in [0.15, 0.2) is 5.13 Å². The highest BCUT2D eigenvalue weighted by Crippen LogP contribution is 2.31. The summed E-state index contributed by atoms with van der Waals surface area (Å²) in [4.78, 5) is 43.5. The van der Waals surface area contributed by atoms with Crippen molar-refractivity contribution in [3.63, 3.8) is 0 Å². The van der Waals surface area contributed by atoms with Crippen molar-refractivity contribution in [2.24, 2.45) is 0 Å². The molecule has 0 saturated heterocycles. The third-order valence-electron chi connectivity index (χ3n) is 4.39. The van der Waals surface area contributed by atoms with E-state index in [-0.39, 0.29) is 21.7 Å². The molecule has 3 amide bonds. The van der Waals surface area contributed by atoms with Gasteiger partial charge >= 0.3 is 0 Å². The van der Waals surface area contributed by atoms with Crippen molar-refractivity contribution in [2.75, 3.05) is 24.3 Å². The highest BCUT2D eigenvalue weighted by atomic mass is 35.5. The lowest BCUT2D eigenvalue weighted by Crippen LogP contribution is -2.23. The molecule has 0 radical (unpaired) electrons. The Kier molecular flexibility index (Phi) is 7.57. The minimum atomic E-state index is -0.550. The second kappa shape index (κ2) is 10.4. The molecule has 33 heavy (non-hydrogen) atoms. The molecule has 2 aromatic carbocycles. The lowest BCUT2D eigenvalue weighted by molar-refractivity contribution is -0.116. The highest BCUT2D eigenvalue weighted by Gasteiger charge is 2.20. The average molecular weight is 487 g/mol. The van der Waals surface area contributed by atoms with E-state index < -0.39 is 17.6 Å². The Labute approximate surface area is 199 Å². The monoisotopic (exact) mass is 486 g/mol. The van der Waals surface area contributed by atoms with Gasteiger partial charge in [0.05, 0.1) is 22.1 Å². The van der Waals surface area contributed by atoms with E-state index in [2.05, 4.69) is 10.3 Å². The lowest BCUT2D eigenvalue weighted by atomic mass is 10.1. The molecule has 1 N–H and O–H groups in total. The first-order valence-electron chi connectivity index (χ1n) is 9.68. The van der Waals surface area contributed by atoms with Crippen molar-refractivity contribution >= 4 is 63.2 Å². The summed E-state index contributed by atoms with van der Waals surface area (Å²) >= 11 is 7.27. The Balaban J connectivity index is 1.76. The Morgan fingerprint density at radius 1 is 1.15 bits per heavy atom. The minimum absolute atomic E-state index is 0.0921. The molecule has 0 bridgehead atoms. The van der Waals surface area contributed by atoms with Crippen LogP contribution in [0.1, 0.15) is 23.0 Å². The number of anilines is 3. The van der Waals surface area contributed by atoms with E-state index in [0.29, 0.717) is 16.9 Å². The standard InChI is InChI=1S/C23H20ClFN4O3S/c1-14(30)29(20-7-5-4-6-18(20)25)23-26-16(13-33-23)9-11-21(31)27-19-12-15(8-10-17(19)24)22(32)28(2)3/h4-13H,1-3H3,(H,27,31)/b11-9+. The molecule has 0 aliphatic rings. The summed E-state index contributed by atoms with van der Waals surface area (Å²) in [7, 11) is 3.25. The number of hydrogen-bond acceptors (Lipinski definition) is 5. The summed E-state index contributed by atoms with van der Waals surface area (Å²) in [5, 5.41) is 4.82. The molecular formula is C23H20ClFN4O3S. The van der Waals surface area contributed by atoms with Gasteiger partial charge in [0.2, 0.25) is 11.8 Å². The molecule has 0 spiro atoms. The number of hydrogen-bond donors (Lipinski definition) is 1.